The van der Waals surface area contributed by atoms with Crippen molar-refractivity contribution in [2.45, 2.75) is 18.7 Å². The molecule has 0 spiro atoms. The molecule has 0 fully saturated rings. The largest absolute Gasteiger partial charge is 0.294 e. The minimum Gasteiger partial charge on any atom is -0.294 e. The van der Waals surface area contributed by atoms with Gasteiger partial charge in [-0.15, -0.1) is 0 Å². The standard InChI is InChI=1S/C11H11ClO2S/c1-3-11(8(2)13)15(14)10-6-4-9(12)5-7-10/h3-7H,1-2H3/b11-3+. The van der Waals surface area contributed by atoms with Gasteiger partial charge < -0.3 is 0 Å². The molecule has 0 saturated carbocycles. The normalized spacial score (nSPS) is 13.7. The number of rotatable bonds is 3. The molecule has 0 aromatic heterocycles. The van der Waals surface area contributed by atoms with Gasteiger partial charge in [-0.05, 0) is 38.1 Å². The second-order valence-electron chi connectivity index (χ2n) is 2.93. The van der Waals surface area contributed by atoms with Gasteiger partial charge in [0.2, 0.25) is 0 Å². The molecule has 0 aliphatic heterocycles. The lowest BCUT2D eigenvalue weighted by Gasteiger charge is -2.03. The number of benzene rings is 1. The van der Waals surface area contributed by atoms with Crippen LogP contribution in [0.15, 0.2) is 40.1 Å². The predicted octanol–water partition coefficient (Wildman–Crippen LogP) is 2.94. The summed E-state index contributed by atoms with van der Waals surface area (Å²) >= 11 is 5.71. The molecule has 1 atom stereocenters. The second-order valence-corrected chi connectivity index (χ2v) is 4.82. The number of hydrogen-bond acceptors (Lipinski definition) is 2. The molecule has 0 amide bonds. The summed E-state index contributed by atoms with van der Waals surface area (Å²) in [7, 11) is -1.41. The van der Waals surface area contributed by atoms with Crippen LogP contribution >= 0.6 is 11.6 Å². The molecule has 2 nitrogen and oxygen atoms in total. The van der Waals surface area contributed by atoms with E-state index in [0.717, 1.165) is 0 Å². The van der Waals surface area contributed by atoms with E-state index in [1.165, 1.54) is 6.92 Å². The van der Waals surface area contributed by atoms with E-state index >= 15 is 0 Å². The number of hydrogen-bond donors (Lipinski definition) is 0. The third-order valence-corrected chi connectivity index (χ3v) is 3.71. The van der Waals surface area contributed by atoms with Gasteiger partial charge in [0.1, 0.15) is 0 Å². The highest BCUT2D eigenvalue weighted by Crippen LogP contribution is 2.17. The Kier molecular flexibility index (Phi) is 4.24. The first-order chi connectivity index (χ1) is 7.06. The molecule has 0 aliphatic carbocycles. The van der Waals surface area contributed by atoms with Gasteiger partial charge in [-0.2, -0.15) is 0 Å². The van der Waals surface area contributed by atoms with Crippen molar-refractivity contribution in [3.05, 3.63) is 40.3 Å². The Bertz CT molecular complexity index is 421. The first kappa shape index (κ1) is 12.1. The second kappa shape index (κ2) is 5.24. The molecular weight excluding hydrogens is 232 g/mol. The topological polar surface area (TPSA) is 34.1 Å². The van der Waals surface area contributed by atoms with Gasteiger partial charge in [-0.25, -0.2) is 4.21 Å². The van der Waals surface area contributed by atoms with Crippen molar-refractivity contribution in [1.29, 1.82) is 0 Å². The molecule has 1 unspecified atom stereocenters. The smallest absolute Gasteiger partial charge is 0.168 e. The molecule has 0 bridgehead atoms. The van der Waals surface area contributed by atoms with Crippen molar-refractivity contribution in [3.8, 4) is 0 Å². The summed E-state index contributed by atoms with van der Waals surface area (Å²) in [4.78, 5) is 12.1. The minimum atomic E-state index is -1.41. The first-order valence-corrected chi connectivity index (χ1v) is 5.93. The van der Waals surface area contributed by atoms with Crippen LogP contribution in [0.3, 0.4) is 0 Å². The third-order valence-electron chi connectivity index (χ3n) is 1.84. The van der Waals surface area contributed by atoms with Crippen LogP contribution in [-0.2, 0) is 15.6 Å². The van der Waals surface area contributed by atoms with Gasteiger partial charge in [0.15, 0.2) is 5.78 Å². The van der Waals surface area contributed by atoms with Crippen LogP contribution in [0.5, 0.6) is 0 Å². The number of carbonyl (C=O) groups excluding carboxylic acids is 1. The van der Waals surface area contributed by atoms with Gasteiger partial charge in [-0.1, -0.05) is 17.7 Å². The molecule has 80 valence electrons. The molecule has 0 saturated heterocycles. The third kappa shape index (κ3) is 3.01. The SMILES string of the molecule is C/C=C(\C(C)=O)S(=O)c1ccc(Cl)cc1. The van der Waals surface area contributed by atoms with Crippen molar-refractivity contribution >= 4 is 28.2 Å². The molecular formula is C11H11ClO2S. The Hall–Kier alpha value is -0.930. The Morgan fingerprint density at radius 1 is 1.33 bits per heavy atom. The first-order valence-electron chi connectivity index (χ1n) is 4.41. The van der Waals surface area contributed by atoms with E-state index in [0.29, 0.717) is 14.8 Å². The van der Waals surface area contributed by atoms with E-state index in [1.807, 2.05) is 0 Å². The molecule has 1 aromatic rings. The predicted molar refractivity (Wildman–Crippen MR) is 62.3 cm³/mol. The van der Waals surface area contributed by atoms with E-state index in [2.05, 4.69) is 0 Å². The summed E-state index contributed by atoms with van der Waals surface area (Å²) in [6.07, 6.45) is 1.58. The van der Waals surface area contributed by atoms with Crippen molar-refractivity contribution in [1.82, 2.24) is 0 Å². The Morgan fingerprint density at radius 3 is 2.27 bits per heavy atom. The zero-order valence-electron chi connectivity index (χ0n) is 8.49. The Morgan fingerprint density at radius 2 is 1.87 bits per heavy atom. The maximum Gasteiger partial charge on any atom is 0.168 e. The Balaban J connectivity index is 3.04. The van der Waals surface area contributed by atoms with Crippen molar-refractivity contribution in [2.75, 3.05) is 0 Å². The molecule has 1 rings (SSSR count). The lowest BCUT2D eigenvalue weighted by molar-refractivity contribution is -0.113. The van der Waals surface area contributed by atoms with Gasteiger partial charge in [0.05, 0.1) is 15.7 Å². The summed E-state index contributed by atoms with van der Waals surface area (Å²) in [6.45, 7) is 3.10. The Labute approximate surface area is 96.4 Å². The van der Waals surface area contributed by atoms with Crippen LogP contribution < -0.4 is 0 Å². The summed E-state index contributed by atoms with van der Waals surface area (Å²) in [5.74, 6) is -0.175. The molecule has 15 heavy (non-hydrogen) atoms. The molecule has 0 N–H and O–H groups in total. The highest BCUT2D eigenvalue weighted by Gasteiger charge is 2.13. The summed E-state index contributed by atoms with van der Waals surface area (Å²) in [6, 6.07) is 6.63. The highest BCUT2D eigenvalue weighted by atomic mass is 35.5. The number of halogens is 1. The number of allylic oxidation sites excluding steroid dienone is 2. The lowest BCUT2D eigenvalue weighted by Crippen LogP contribution is -2.04. The molecule has 0 radical (unpaired) electrons. The van der Waals surface area contributed by atoms with Gasteiger partial charge in [0, 0.05) is 9.92 Å². The fraction of sp³-hybridized carbons (Fsp3) is 0.182. The van der Waals surface area contributed by atoms with Gasteiger partial charge in [0.25, 0.3) is 0 Å². The number of carbonyl (C=O) groups is 1. The van der Waals surface area contributed by atoms with Crippen LogP contribution in [0.4, 0.5) is 0 Å². The van der Waals surface area contributed by atoms with E-state index < -0.39 is 10.8 Å². The van der Waals surface area contributed by atoms with Crippen LogP contribution in [0.2, 0.25) is 5.02 Å². The van der Waals surface area contributed by atoms with Gasteiger partial charge >= 0.3 is 0 Å². The van der Waals surface area contributed by atoms with Crippen molar-refractivity contribution < 1.29 is 9.00 Å². The van der Waals surface area contributed by atoms with E-state index in [4.69, 9.17) is 11.6 Å². The van der Waals surface area contributed by atoms with Crippen LogP contribution in [0.1, 0.15) is 13.8 Å². The van der Waals surface area contributed by atoms with E-state index in [1.54, 1.807) is 37.3 Å². The minimum absolute atomic E-state index is 0.175. The summed E-state index contributed by atoms with van der Waals surface area (Å²) in [5.41, 5.74) is 0. The fourth-order valence-electron chi connectivity index (χ4n) is 1.13. The lowest BCUT2D eigenvalue weighted by atomic mass is 10.4. The molecule has 4 heteroatoms. The molecule has 1 aromatic carbocycles. The van der Waals surface area contributed by atoms with Crippen LogP contribution in [0.25, 0.3) is 0 Å². The van der Waals surface area contributed by atoms with Gasteiger partial charge in [-0.3, -0.25) is 4.79 Å². The van der Waals surface area contributed by atoms with Crippen LogP contribution in [-0.4, -0.2) is 9.99 Å². The zero-order chi connectivity index (χ0) is 11.4. The van der Waals surface area contributed by atoms with Crippen LogP contribution in [0, 0.1) is 0 Å². The number of Topliss-reactive ketones (excluding diaryl/α,β-unsaturated/α-hetero) is 1. The van der Waals surface area contributed by atoms with Crippen molar-refractivity contribution in [3.63, 3.8) is 0 Å². The van der Waals surface area contributed by atoms with E-state index in [-0.39, 0.29) is 5.78 Å². The quantitative estimate of drug-likeness (QED) is 0.764. The van der Waals surface area contributed by atoms with E-state index in [9.17, 15) is 9.00 Å². The molecule has 0 aliphatic rings. The number of ketones is 1. The monoisotopic (exact) mass is 242 g/mol. The average molecular weight is 243 g/mol. The fourth-order valence-corrected chi connectivity index (χ4v) is 2.36. The maximum atomic E-state index is 11.9. The summed E-state index contributed by atoms with van der Waals surface area (Å²) in [5, 5.41) is 0.584. The highest BCUT2D eigenvalue weighted by molar-refractivity contribution is 7.90. The average Bonchev–Trinajstić information content (AvgIpc) is 2.19. The molecule has 0 heterocycles. The zero-order valence-corrected chi connectivity index (χ0v) is 10.1. The summed E-state index contributed by atoms with van der Waals surface area (Å²) < 4.78 is 11.9. The maximum absolute atomic E-state index is 11.9. The van der Waals surface area contributed by atoms with Crippen molar-refractivity contribution in [2.24, 2.45) is 0 Å².